The highest BCUT2D eigenvalue weighted by atomic mass is 35.5. The maximum absolute atomic E-state index is 14.1. The van der Waals surface area contributed by atoms with E-state index in [1.54, 1.807) is 11.4 Å². The number of hydrogen-bond donors (Lipinski definition) is 2. The van der Waals surface area contributed by atoms with Crippen molar-refractivity contribution in [1.82, 2.24) is 0 Å². The van der Waals surface area contributed by atoms with Crippen LogP contribution in [0.2, 0.25) is 5.02 Å². The molecule has 39 heavy (non-hydrogen) atoms. The van der Waals surface area contributed by atoms with E-state index in [9.17, 15) is 14.0 Å². The van der Waals surface area contributed by atoms with Gasteiger partial charge in [0.25, 0.3) is 0 Å². The normalized spacial score (nSPS) is 9.05. The van der Waals surface area contributed by atoms with Crippen molar-refractivity contribution < 1.29 is 19.1 Å². The van der Waals surface area contributed by atoms with E-state index < -0.39 is 5.82 Å². The minimum absolute atomic E-state index is 0.193. The highest BCUT2D eigenvalue weighted by molar-refractivity contribution is 7.15. The van der Waals surface area contributed by atoms with Crippen LogP contribution in [0.1, 0.15) is 55.6 Å². The standard InChI is InChI=1S/C20H15ClFNO2S.C7H8.2C2H6.CH4O/c21-14-7-8-15(18(22)10-14)17-12-26-20(16(17)11-24)23-19(25)9-6-13-4-2-1-3-5-13;1-7-5-3-2-4-6-7;3*1-2/h1-5,7-8,10-12H,6,9H2,(H,23,25);2-6H,1H3;2*1-2H3;2H,1H3. The monoisotopic (exact) mass is 571 g/mol. The molecule has 0 atom stereocenters. The molecule has 1 aromatic heterocycles. The maximum Gasteiger partial charge on any atom is 0.225 e. The Morgan fingerprint density at radius 1 is 0.923 bits per heavy atom. The van der Waals surface area contributed by atoms with Crippen molar-refractivity contribution in [2.45, 2.75) is 47.5 Å². The number of carbonyl (C=O) groups is 2. The summed E-state index contributed by atoms with van der Waals surface area (Å²) >= 11 is 6.97. The number of anilines is 1. The van der Waals surface area contributed by atoms with Gasteiger partial charge in [-0.2, -0.15) is 0 Å². The van der Waals surface area contributed by atoms with E-state index >= 15 is 0 Å². The van der Waals surface area contributed by atoms with Crippen LogP contribution in [0, 0.1) is 12.7 Å². The summed E-state index contributed by atoms with van der Waals surface area (Å²) in [5.41, 5.74) is 3.37. The number of aryl methyl sites for hydroxylation is 2. The van der Waals surface area contributed by atoms with Crippen molar-refractivity contribution in [3.05, 3.63) is 112 Å². The largest absolute Gasteiger partial charge is 0.400 e. The molecule has 0 aliphatic carbocycles. The molecule has 0 spiro atoms. The van der Waals surface area contributed by atoms with Gasteiger partial charge in [0.1, 0.15) is 10.8 Å². The van der Waals surface area contributed by atoms with Crippen LogP contribution < -0.4 is 5.32 Å². The van der Waals surface area contributed by atoms with Crippen molar-refractivity contribution in [3.8, 4) is 11.1 Å². The Bertz CT molecular complexity index is 1210. The third kappa shape index (κ3) is 12.9. The Kier molecular flexibility index (Phi) is 19.8. The number of nitrogens with one attached hydrogen (secondary N) is 1. The van der Waals surface area contributed by atoms with Crippen LogP contribution in [-0.4, -0.2) is 24.4 Å². The number of benzene rings is 3. The number of carbonyl (C=O) groups excluding carboxylic acids is 2. The molecule has 2 N–H and O–H groups in total. The zero-order valence-electron chi connectivity index (χ0n) is 23.5. The Hall–Kier alpha value is -3.32. The van der Waals surface area contributed by atoms with Crippen molar-refractivity contribution in [3.63, 3.8) is 0 Å². The van der Waals surface area contributed by atoms with E-state index in [2.05, 4.69) is 24.4 Å². The molecule has 0 saturated carbocycles. The lowest BCUT2D eigenvalue weighted by atomic mass is 10.0. The second-order valence-corrected chi connectivity index (χ2v) is 8.64. The molecule has 1 heterocycles. The first-order chi connectivity index (χ1) is 19.0. The lowest BCUT2D eigenvalue weighted by molar-refractivity contribution is -0.116. The van der Waals surface area contributed by atoms with E-state index in [1.807, 2.05) is 76.2 Å². The third-order valence-electron chi connectivity index (χ3n) is 4.85. The van der Waals surface area contributed by atoms with Gasteiger partial charge in [-0.25, -0.2) is 4.39 Å². The summed E-state index contributed by atoms with van der Waals surface area (Å²) in [6.07, 6.45) is 1.53. The quantitative estimate of drug-likeness (QED) is 0.227. The van der Waals surface area contributed by atoms with Gasteiger partial charge < -0.3 is 10.4 Å². The topological polar surface area (TPSA) is 66.4 Å². The number of halogens is 2. The molecular weight excluding hydrogens is 533 g/mol. The predicted molar refractivity (Wildman–Crippen MR) is 166 cm³/mol. The van der Waals surface area contributed by atoms with Gasteiger partial charge in [0.2, 0.25) is 5.91 Å². The average molecular weight is 572 g/mol. The molecule has 1 amide bonds. The molecule has 0 aliphatic rings. The van der Waals surface area contributed by atoms with Gasteiger partial charge >= 0.3 is 0 Å². The van der Waals surface area contributed by atoms with Crippen molar-refractivity contribution in [2.24, 2.45) is 0 Å². The molecule has 4 nitrogen and oxygen atoms in total. The van der Waals surface area contributed by atoms with Crippen LogP contribution in [-0.2, 0) is 11.2 Å². The molecule has 0 fully saturated rings. The summed E-state index contributed by atoms with van der Waals surface area (Å²) in [4.78, 5) is 23.7. The van der Waals surface area contributed by atoms with Crippen LogP contribution in [0.4, 0.5) is 9.39 Å². The summed E-state index contributed by atoms with van der Waals surface area (Å²) in [5.74, 6) is -0.706. The Labute approximate surface area is 241 Å². The van der Waals surface area contributed by atoms with Gasteiger partial charge in [-0.1, -0.05) is 106 Å². The fourth-order valence-electron chi connectivity index (χ4n) is 3.12. The molecule has 7 heteroatoms. The summed E-state index contributed by atoms with van der Waals surface area (Å²) in [6.45, 7) is 10.1. The molecule has 4 aromatic rings. The Morgan fingerprint density at radius 3 is 1.97 bits per heavy atom. The molecule has 210 valence electrons. The average Bonchev–Trinajstić information content (AvgIpc) is 3.38. The van der Waals surface area contributed by atoms with Crippen LogP contribution in [0.25, 0.3) is 11.1 Å². The number of aliphatic hydroxyl groups is 1. The summed E-state index contributed by atoms with van der Waals surface area (Å²) in [6, 6.07) is 24.2. The van der Waals surface area contributed by atoms with Gasteiger partial charge in [0.15, 0.2) is 6.29 Å². The molecule has 0 saturated heterocycles. The van der Waals surface area contributed by atoms with Gasteiger partial charge in [0, 0.05) is 35.1 Å². The third-order valence-corrected chi connectivity index (χ3v) is 5.99. The summed E-state index contributed by atoms with van der Waals surface area (Å²) in [5, 5.41) is 12.1. The van der Waals surface area contributed by atoms with Gasteiger partial charge in [-0.15, -0.1) is 11.3 Å². The van der Waals surface area contributed by atoms with Crippen LogP contribution in [0.5, 0.6) is 0 Å². The first-order valence-electron chi connectivity index (χ1n) is 12.8. The zero-order valence-corrected chi connectivity index (χ0v) is 25.1. The number of aldehydes is 1. The zero-order chi connectivity index (χ0) is 29.6. The van der Waals surface area contributed by atoms with Crippen LogP contribution in [0.15, 0.2) is 84.2 Å². The van der Waals surface area contributed by atoms with E-state index in [4.69, 9.17) is 16.7 Å². The van der Waals surface area contributed by atoms with E-state index in [0.29, 0.717) is 29.7 Å². The maximum atomic E-state index is 14.1. The Balaban J connectivity index is 0.000000932. The van der Waals surface area contributed by atoms with Crippen molar-refractivity contribution in [2.75, 3.05) is 12.4 Å². The number of rotatable bonds is 6. The van der Waals surface area contributed by atoms with Crippen molar-refractivity contribution >= 4 is 40.1 Å². The summed E-state index contributed by atoms with van der Waals surface area (Å²) in [7, 11) is 1.00. The highest BCUT2D eigenvalue weighted by Gasteiger charge is 2.17. The molecule has 3 aromatic carbocycles. The number of amides is 1. The van der Waals surface area contributed by atoms with Gasteiger partial charge in [0.05, 0.1) is 5.56 Å². The summed E-state index contributed by atoms with van der Waals surface area (Å²) < 4.78 is 14.1. The molecular formula is C32H39ClFNO3S. The van der Waals surface area contributed by atoms with Gasteiger partial charge in [-0.3, -0.25) is 9.59 Å². The van der Waals surface area contributed by atoms with E-state index in [0.717, 1.165) is 12.7 Å². The second kappa shape index (κ2) is 21.6. The lowest BCUT2D eigenvalue weighted by Crippen LogP contribution is -2.12. The molecule has 0 bridgehead atoms. The van der Waals surface area contributed by atoms with Gasteiger partial charge in [-0.05, 0) is 37.1 Å². The molecule has 0 aliphatic heterocycles. The van der Waals surface area contributed by atoms with Crippen LogP contribution in [0.3, 0.4) is 0 Å². The molecule has 4 rings (SSSR count). The minimum atomic E-state index is -0.514. The lowest BCUT2D eigenvalue weighted by Gasteiger charge is -2.06. The fraction of sp³-hybridized carbons (Fsp3) is 0.250. The number of hydrogen-bond acceptors (Lipinski definition) is 4. The second-order valence-electron chi connectivity index (χ2n) is 7.32. The number of aliphatic hydroxyl groups excluding tert-OH is 1. The Morgan fingerprint density at radius 2 is 1.49 bits per heavy atom. The first kappa shape index (κ1) is 35.7. The fourth-order valence-corrected chi connectivity index (χ4v) is 4.23. The van der Waals surface area contributed by atoms with E-state index in [1.165, 1.54) is 29.0 Å². The predicted octanol–water partition coefficient (Wildman–Crippen LogP) is 9.25. The SMILES string of the molecule is CC.CC.CO.Cc1ccccc1.O=Cc1c(-c2ccc(Cl)cc2F)csc1NC(=O)CCc1ccccc1. The van der Waals surface area contributed by atoms with Crippen molar-refractivity contribution in [1.29, 1.82) is 0 Å². The van der Waals surface area contributed by atoms with E-state index in [-0.39, 0.29) is 22.1 Å². The molecule has 0 unspecified atom stereocenters. The number of thiophene rings is 1. The first-order valence-corrected chi connectivity index (χ1v) is 14.1. The minimum Gasteiger partial charge on any atom is -0.400 e. The molecule has 0 radical (unpaired) electrons. The smallest absolute Gasteiger partial charge is 0.225 e. The van der Waals surface area contributed by atoms with Crippen LogP contribution >= 0.6 is 22.9 Å². The highest BCUT2D eigenvalue weighted by Crippen LogP contribution is 2.36.